The number of piperidine rings is 1. The van der Waals surface area contributed by atoms with Crippen molar-refractivity contribution in [2.45, 2.75) is 52.0 Å². The van der Waals surface area contributed by atoms with Crippen LogP contribution >= 0.6 is 0 Å². The zero-order valence-electron chi connectivity index (χ0n) is 11.0. The third-order valence-corrected chi connectivity index (χ3v) is 4.40. The molecule has 2 nitrogen and oxygen atoms in total. The van der Waals surface area contributed by atoms with Gasteiger partial charge in [-0.25, -0.2) is 0 Å². The molecule has 0 spiro atoms. The minimum atomic E-state index is 0.795. The van der Waals surface area contributed by atoms with Gasteiger partial charge in [0.05, 0.1) is 0 Å². The average molecular weight is 224 g/mol. The Kier molecular flexibility index (Phi) is 4.66. The fourth-order valence-corrected chi connectivity index (χ4v) is 3.46. The highest BCUT2D eigenvalue weighted by molar-refractivity contribution is 4.81. The molecule has 0 radical (unpaired) electrons. The summed E-state index contributed by atoms with van der Waals surface area (Å²) in [6.07, 6.45) is 7.15. The molecule has 0 aromatic heterocycles. The minimum Gasteiger partial charge on any atom is -0.314 e. The highest BCUT2D eigenvalue weighted by Gasteiger charge is 2.25. The van der Waals surface area contributed by atoms with E-state index in [9.17, 15) is 0 Å². The lowest BCUT2D eigenvalue weighted by Crippen LogP contribution is -2.43. The standard InChI is InChI=1S/C14H28N2/c1-3-15-14-6-8-16(9-7-14)11-13-5-4-12(2)10-13/h12-15H,3-11H2,1-2H3. The van der Waals surface area contributed by atoms with Gasteiger partial charge in [-0.1, -0.05) is 20.3 Å². The maximum absolute atomic E-state index is 3.58. The van der Waals surface area contributed by atoms with Crippen molar-refractivity contribution in [3.8, 4) is 0 Å². The van der Waals surface area contributed by atoms with Crippen LogP contribution in [0.4, 0.5) is 0 Å². The van der Waals surface area contributed by atoms with E-state index in [1.165, 1.54) is 51.7 Å². The van der Waals surface area contributed by atoms with E-state index in [0.29, 0.717) is 0 Å². The van der Waals surface area contributed by atoms with Crippen molar-refractivity contribution in [2.24, 2.45) is 11.8 Å². The second-order valence-corrected chi connectivity index (χ2v) is 5.92. The SMILES string of the molecule is CCNC1CCN(CC2CCC(C)C2)CC1. The molecule has 1 saturated heterocycles. The molecule has 0 bridgehead atoms. The first-order valence-corrected chi connectivity index (χ1v) is 7.23. The molecule has 94 valence electrons. The van der Waals surface area contributed by atoms with Crippen molar-refractivity contribution < 1.29 is 0 Å². The predicted molar refractivity (Wildman–Crippen MR) is 69.6 cm³/mol. The molecule has 2 fully saturated rings. The lowest BCUT2D eigenvalue weighted by atomic mass is 10.0. The molecule has 1 aliphatic heterocycles. The van der Waals surface area contributed by atoms with Crippen LogP contribution in [0, 0.1) is 11.8 Å². The lowest BCUT2D eigenvalue weighted by Gasteiger charge is -2.33. The number of nitrogens with zero attached hydrogens (tertiary/aromatic N) is 1. The predicted octanol–water partition coefficient (Wildman–Crippen LogP) is 2.50. The molecular formula is C14H28N2. The van der Waals surface area contributed by atoms with Crippen molar-refractivity contribution in [1.29, 1.82) is 0 Å². The van der Waals surface area contributed by atoms with Crippen LogP contribution in [0.15, 0.2) is 0 Å². The van der Waals surface area contributed by atoms with E-state index < -0.39 is 0 Å². The van der Waals surface area contributed by atoms with Crippen LogP contribution in [-0.2, 0) is 0 Å². The third kappa shape index (κ3) is 3.46. The first kappa shape index (κ1) is 12.4. The van der Waals surface area contributed by atoms with Gasteiger partial charge >= 0.3 is 0 Å². The van der Waals surface area contributed by atoms with Gasteiger partial charge in [0.15, 0.2) is 0 Å². The summed E-state index contributed by atoms with van der Waals surface area (Å²) < 4.78 is 0. The van der Waals surface area contributed by atoms with Crippen molar-refractivity contribution in [3.63, 3.8) is 0 Å². The smallest absolute Gasteiger partial charge is 0.00912 e. The van der Waals surface area contributed by atoms with E-state index in [2.05, 4.69) is 24.1 Å². The van der Waals surface area contributed by atoms with Gasteiger partial charge in [0.2, 0.25) is 0 Å². The summed E-state index contributed by atoms with van der Waals surface area (Å²) in [5.41, 5.74) is 0. The molecule has 2 heteroatoms. The van der Waals surface area contributed by atoms with Crippen molar-refractivity contribution >= 4 is 0 Å². The molecule has 1 heterocycles. The summed E-state index contributed by atoms with van der Waals surface area (Å²) in [5, 5.41) is 3.58. The van der Waals surface area contributed by atoms with Crippen LogP contribution in [0.25, 0.3) is 0 Å². The molecule has 2 unspecified atom stereocenters. The fraction of sp³-hybridized carbons (Fsp3) is 1.00. The topological polar surface area (TPSA) is 15.3 Å². The Morgan fingerprint density at radius 3 is 2.44 bits per heavy atom. The van der Waals surface area contributed by atoms with Crippen LogP contribution in [0.1, 0.15) is 46.0 Å². The molecule has 2 atom stereocenters. The maximum atomic E-state index is 3.58. The molecule has 2 rings (SSSR count). The van der Waals surface area contributed by atoms with Gasteiger partial charge < -0.3 is 10.2 Å². The van der Waals surface area contributed by atoms with Gasteiger partial charge in [0.25, 0.3) is 0 Å². The largest absolute Gasteiger partial charge is 0.314 e. The molecular weight excluding hydrogens is 196 g/mol. The summed E-state index contributed by atoms with van der Waals surface area (Å²) in [5.74, 6) is 2.00. The quantitative estimate of drug-likeness (QED) is 0.789. The van der Waals surface area contributed by atoms with Crippen LogP contribution in [0.5, 0.6) is 0 Å². The van der Waals surface area contributed by atoms with E-state index >= 15 is 0 Å². The highest BCUT2D eigenvalue weighted by Crippen LogP contribution is 2.31. The Balaban J connectivity index is 1.65. The van der Waals surface area contributed by atoms with Gasteiger partial charge in [-0.2, -0.15) is 0 Å². The maximum Gasteiger partial charge on any atom is 0.00912 e. The van der Waals surface area contributed by atoms with Gasteiger partial charge in [-0.15, -0.1) is 0 Å². The van der Waals surface area contributed by atoms with Crippen molar-refractivity contribution in [3.05, 3.63) is 0 Å². The number of hydrogen-bond donors (Lipinski definition) is 1. The average Bonchev–Trinajstić information content (AvgIpc) is 2.67. The monoisotopic (exact) mass is 224 g/mol. The number of hydrogen-bond acceptors (Lipinski definition) is 2. The van der Waals surface area contributed by atoms with Gasteiger partial charge in [0, 0.05) is 12.6 Å². The first-order valence-electron chi connectivity index (χ1n) is 7.23. The number of rotatable bonds is 4. The second-order valence-electron chi connectivity index (χ2n) is 5.92. The number of likely N-dealkylation sites (tertiary alicyclic amines) is 1. The molecule has 16 heavy (non-hydrogen) atoms. The molecule has 1 aliphatic carbocycles. The van der Waals surface area contributed by atoms with Crippen molar-refractivity contribution in [1.82, 2.24) is 10.2 Å². The Hall–Kier alpha value is -0.0800. The Bertz CT molecular complexity index is 197. The van der Waals surface area contributed by atoms with E-state index in [-0.39, 0.29) is 0 Å². The van der Waals surface area contributed by atoms with Crippen LogP contribution in [0.2, 0.25) is 0 Å². The molecule has 0 amide bonds. The second kappa shape index (κ2) is 6.02. The zero-order valence-corrected chi connectivity index (χ0v) is 11.0. The van der Waals surface area contributed by atoms with Crippen LogP contribution in [-0.4, -0.2) is 37.1 Å². The molecule has 1 saturated carbocycles. The van der Waals surface area contributed by atoms with Gasteiger partial charge in [0.1, 0.15) is 0 Å². The fourth-order valence-electron chi connectivity index (χ4n) is 3.46. The van der Waals surface area contributed by atoms with E-state index in [4.69, 9.17) is 0 Å². The van der Waals surface area contributed by atoms with Gasteiger partial charge in [-0.05, 0) is 57.2 Å². The summed E-state index contributed by atoms with van der Waals surface area (Å²) in [6, 6.07) is 0.795. The Labute approximate surface area is 101 Å². The number of nitrogens with one attached hydrogen (secondary N) is 1. The summed E-state index contributed by atoms with van der Waals surface area (Å²) >= 11 is 0. The normalized spacial score (nSPS) is 33.4. The molecule has 2 aliphatic rings. The summed E-state index contributed by atoms with van der Waals surface area (Å²) in [7, 11) is 0. The Morgan fingerprint density at radius 1 is 1.12 bits per heavy atom. The van der Waals surface area contributed by atoms with Crippen molar-refractivity contribution in [2.75, 3.05) is 26.2 Å². The third-order valence-electron chi connectivity index (χ3n) is 4.40. The lowest BCUT2D eigenvalue weighted by molar-refractivity contribution is 0.172. The molecule has 0 aromatic carbocycles. The van der Waals surface area contributed by atoms with E-state index in [1.54, 1.807) is 0 Å². The van der Waals surface area contributed by atoms with E-state index in [1.807, 2.05) is 0 Å². The van der Waals surface area contributed by atoms with Gasteiger partial charge in [-0.3, -0.25) is 0 Å². The summed E-state index contributed by atoms with van der Waals surface area (Å²) in [4.78, 5) is 2.70. The Morgan fingerprint density at radius 2 is 1.88 bits per heavy atom. The highest BCUT2D eigenvalue weighted by atomic mass is 15.1. The zero-order chi connectivity index (χ0) is 11.4. The summed E-state index contributed by atoms with van der Waals surface area (Å²) in [6.45, 7) is 9.78. The molecule has 1 N–H and O–H groups in total. The van der Waals surface area contributed by atoms with Crippen LogP contribution in [0.3, 0.4) is 0 Å². The minimum absolute atomic E-state index is 0.795. The van der Waals surface area contributed by atoms with E-state index in [0.717, 1.165) is 24.4 Å². The molecule has 0 aromatic rings. The van der Waals surface area contributed by atoms with Crippen LogP contribution < -0.4 is 5.32 Å². The first-order chi connectivity index (χ1) is 7.78.